The Labute approximate surface area is 162 Å². The van der Waals surface area contributed by atoms with Gasteiger partial charge in [0.25, 0.3) is 11.4 Å². The second-order valence-electron chi connectivity index (χ2n) is 6.87. The molecule has 2 aliphatic rings. The Kier molecular flexibility index (Phi) is 4.65. The minimum Gasteiger partial charge on any atom is -0.346 e. The van der Waals surface area contributed by atoms with E-state index in [1.807, 2.05) is 4.58 Å². The average molecular weight is 384 g/mol. The number of rotatable bonds is 4. The summed E-state index contributed by atoms with van der Waals surface area (Å²) in [6, 6.07) is 14.7. The van der Waals surface area contributed by atoms with Crippen molar-refractivity contribution < 1.29 is 14.6 Å². The molecule has 2 aromatic rings. The van der Waals surface area contributed by atoms with Crippen LogP contribution in [0.5, 0.6) is 0 Å². The zero-order chi connectivity index (χ0) is 19.0. The molecule has 0 amide bonds. The summed E-state index contributed by atoms with van der Waals surface area (Å²) in [6.07, 6.45) is 1.95. The molecule has 0 saturated heterocycles. The van der Waals surface area contributed by atoms with E-state index in [1.54, 1.807) is 23.9 Å². The third-order valence-electron chi connectivity index (χ3n) is 5.22. The van der Waals surface area contributed by atoms with E-state index in [4.69, 9.17) is 0 Å². The fraction of sp³-hybridized carbons (Fsp3) is 0.350. The van der Waals surface area contributed by atoms with Crippen LogP contribution in [0.3, 0.4) is 0 Å². The highest BCUT2D eigenvalue weighted by Gasteiger charge is 2.53. The quantitative estimate of drug-likeness (QED) is 0.497. The largest absolute Gasteiger partial charge is 0.346 e. The van der Waals surface area contributed by atoms with Crippen LogP contribution in [0, 0.1) is 10.1 Å². The van der Waals surface area contributed by atoms with Crippen LogP contribution in [0.25, 0.3) is 0 Å². The van der Waals surface area contributed by atoms with Gasteiger partial charge in [0.05, 0.1) is 11.5 Å². The zero-order valence-electron chi connectivity index (χ0n) is 15.2. The van der Waals surface area contributed by atoms with Gasteiger partial charge >= 0.3 is 5.17 Å². The number of β-amino-alcohol motifs (C(OH)–C–C–N with tert-alkyl or cyclic N) is 1. The summed E-state index contributed by atoms with van der Waals surface area (Å²) in [6.45, 7) is 3.20. The van der Waals surface area contributed by atoms with Crippen molar-refractivity contribution in [3.05, 3.63) is 69.8 Å². The predicted molar refractivity (Wildman–Crippen MR) is 107 cm³/mol. The molecule has 2 aliphatic heterocycles. The summed E-state index contributed by atoms with van der Waals surface area (Å²) in [4.78, 5) is 12.9. The van der Waals surface area contributed by atoms with E-state index < -0.39 is 10.6 Å². The van der Waals surface area contributed by atoms with E-state index in [0.717, 1.165) is 36.0 Å². The van der Waals surface area contributed by atoms with E-state index in [9.17, 15) is 15.2 Å². The molecule has 1 atom stereocenters. The van der Waals surface area contributed by atoms with Crippen molar-refractivity contribution in [1.29, 1.82) is 0 Å². The first-order valence-electron chi connectivity index (χ1n) is 9.14. The summed E-state index contributed by atoms with van der Waals surface area (Å²) in [7, 11) is 0. The Hall–Kier alpha value is -2.38. The number of nitro groups is 1. The molecule has 0 unspecified atom stereocenters. The molecule has 0 fully saturated rings. The first kappa shape index (κ1) is 18.0. The van der Waals surface area contributed by atoms with Crippen LogP contribution in [0.4, 0.5) is 11.4 Å². The minimum absolute atomic E-state index is 0.00196. The Balaban J connectivity index is 1.77. The molecule has 0 saturated carbocycles. The summed E-state index contributed by atoms with van der Waals surface area (Å²) in [5.74, 6) is 1.00. The Bertz CT molecular complexity index is 913. The van der Waals surface area contributed by atoms with Gasteiger partial charge in [0.15, 0.2) is 6.54 Å². The van der Waals surface area contributed by atoms with Crippen LogP contribution in [-0.4, -0.2) is 38.6 Å². The Morgan fingerprint density at radius 1 is 1.30 bits per heavy atom. The molecule has 1 N–H and O–H groups in total. The second kappa shape index (κ2) is 6.98. The van der Waals surface area contributed by atoms with Gasteiger partial charge in [-0.25, -0.2) is 9.48 Å². The maximum absolute atomic E-state index is 11.6. The first-order chi connectivity index (χ1) is 13.0. The van der Waals surface area contributed by atoms with Crippen LogP contribution >= 0.6 is 11.8 Å². The zero-order valence-corrected chi connectivity index (χ0v) is 16.0. The lowest BCUT2D eigenvalue weighted by molar-refractivity contribution is -0.656. The molecule has 2 heterocycles. The van der Waals surface area contributed by atoms with Crippen molar-refractivity contribution >= 4 is 28.3 Å². The van der Waals surface area contributed by atoms with Gasteiger partial charge in [-0.05, 0) is 42.3 Å². The molecule has 0 radical (unpaired) electrons. The maximum atomic E-state index is 11.6. The van der Waals surface area contributed by atoms with E-state index in [-0.39, 0.29) is 5.69 Å². The van der Waals surface area contributed by atoms with Gasteiger partial charge in [0.1, 0.15) is 5.69 Å². The molecule has 0 bridgehead atoms. The second-order valence-corrected chi connectivity index (χ2v) is 7.93. The molecular weight excluding hydrogens is 362 g/mol. The Morgan fingerprint density at radius 3 is 2.78 bits per heavy atom. The van der Waals surface area contributed by atoms with E-state index in [1.165, 1.54) is 17.7 Å². The monoisotopic (exact) mass is 384 g/mol. The van der Waals surface area contributed by atoms with Gasteiger partial charge in [0.2, 0.25) is 0 Å². The summed E-state index contributed by atoms with van der Waals surface area (Å²) in [5.41, 5.74) is 1.58. The molecule has 7 heteroatoms. The van der Waals surface area contributed by atoms with Crippen molar-refractivity contribution in [1.82, 2.24) is 0 Å². The number of benzene rings is 2. The third-order valence-corrected chi connectivity index (χ3v) is 6.41. The van der Waals surface area contributed by atoms with Crippen molar-refractivity contribution in [2.45, 2.75) is 25.5 Å². The van der Waals surface area contributed by atoms with E-state index in [0.29, 0.717) is 12.1 Å². The van der Waals surface area contributed by atoms with Crippen LogP contribution in [-0.2, 0) is 12.1 Å². The topological polar surface area (TPSA) is 69.6 Å². The molecule has 2 aromatic carbocycles. The minimum atomic E-state index is -1.28. The van der Waals surface area contributed by atoms with Gasteiger partial charge < -0.3 is 5.11 Å². The summed E-state index contributed by atoms with van der Waals surface area (Å²) >= 11 is 1.73. The molecule has 0 aromatic heterocycles. The number of anilines is 1. The van der Waals surface area contributed by atoms with Gasteiger partial charge in [-0.1, -0.05) is 31.2 Å². The van der Waals surface area contributed by atoms with E-state index >= 15 is 0 Å². The van der Waals surface area contributed by atoms with Gasteiger partial charge in [-0.2, -0.15) is 0 Å². The van der Waals surface area contributed by atoms with Crippen LogP contribution < -0.4 is 4.90 Å². The maximum Gasteiger partial charge on any atom is 0.316 e. The smallest absolute Gasteiger partial charge is 0.316 e. The van der Waals surface area contributed by atoms with Crippen molar-refractivity contribution in [3.63, 3.8) is 0 Å². The number of amidine groups is 1. The fourth-order valence-corrected chi connectivity index (χ4v) is 4.91. The highest BCUT2D eigenvalue weighted by Crippen LogP contribution is 2.38. The molecule has 6 nitrogen and oxygen atoms in total. The molecule has 140 valence electrons. The Morgan fingerprint density at radius 2 is 2.07 bits per heavy atom. The number of hydrogen-bond acceptors (Lipinski definition) is 5. The van der Waals surface area contributed by atoms with Gasteiger partial charge in [-0.15, -0.1) is 0 Å². The van der Waals surface area contributed by atoms with Crippen molar-refractivity contribution in [3.8, 4) is 0 Å². The molecule has 0 aliphatic carbocycles. The number of hydrogen-bond donors (Lipinski definition) is 1. The molecular formula is C20H22N3O3S+. The number of thioether (sulfide) groups is 1. The fourth-order valence-electron chi connectivity index (χ4n) is 3.73. The number of nitro benzene ring substituents is 1. The van der Waals surface area contributed by atoms with Gasteiger partial charge in [-0.3, -0.25) is 10.1 Å². The van der Waals surface area contributed by atoms with Crippen LogP contribution in [0.2, 0.25) is 0 Å². The SMILES string of the molecule is CCc1ccc(N2C[C@@](O)(c3cccc([N+](=O)[O-])c3)[N+]3=C2SCCC3)cc1. The highest BCUT2D eigenvalue weighted by molar-refractivity contribution is 8.13. The number of non-ortho nitro benzene ring substituents is 1. The lowest BCUT2D eigenvalue weighted by Gasteiger charge is -2.24. The van der Waals surface area contributed by atoms with Crippen molar-refractivity contribution in [2.75, 3.05) is 23.7 Å². The molecule has 4 rings (SSSR count). The van der Waals surface area contributed by atoms with Gasteiger partial charge in [0, 0.05) is 23.4 Å². The third kappa shape index (κ3) is 3.11. The number of aliphatic hydroxyl groups is 1. The molecule has 0 spiro atoms. The lowest BCUT2D eigenvalue weighted by atomic mass is 10.0. The van der Waals surface area contributed by atoms with Crippen LogP contribution in [0.15, 0.2) is 48.5 Å². The first-order valence-corrected chi connectivity index (χ1v) is 10.1. The summed E-state index contributed by atoms with van der Waals surface area (Å²) < 4.78 is 1.99. The predicted octanol–water partition coefficient (Wildman–Crippen LogP) is 3.33. The van der Waals surface area contributed by atoms with E-state index in [2.05, 4.69) is 36.1 Å². The number of nitrogens with zero attached hydrogens (tertiary/aromatic N) is 3. The lowest BCUT2D eigenvalue weighted by Crippen LogP contribution is -2.41. The van der Waals surface area contributed by atoms with Crippen molar-refractivity contribution in [2.24, 2.45) is 0 Å². The average Bonchev–Trinajstić information content (AvgIpc) is 3.02. The summed E-state index contributed by atoms with van der Waals surface area (Å²) in [5, 5.41) is 23.8. The normalized spacial score (nSPS) is 22.1. The van der Waals surface area contributed by atoms with Crippen LogP contribution in [0.1, 0.15) is 24.5 Å². The highest BCUT2D eigenvalue weighted by atomic mass is 32.2. The number of aryl methyl sites for hydroxylation is 1. The molecule has 27 heavy (non-hydrogen) atoms. The standard InChI is InChI=1S/C20H22N3O3S/c1-2-15-7-9-17(10-8-15)21-14-20(24,22-11-4-12-27-19(21)22)16-5-3-6-18(13-16)23(25)26/h3,5-10,13,24H,2,4,11-12,14H2,1H3/q+1/t20-/m1/s1.